The van der Waals surface area contributed by atoms with Gasteiger partial charge in [0.25, 0.3) is 0 Å². The van der Waals surface area contributed by atoms with Gasteiger partial charge in [-0.1, -0.05) is 41.9 Å². The quantitative estimate of drug-likeness (QED) is 0.712. The highest BCUT2D eigenvalue weighted by molar-refractivity contribution is 6.31. The van der Waals surface area contributed by atoms with Crippen molar-refractivity contribution in [3.05, 3.63) is 70.2 Å². The number of benzene rings is 2. The standard InChI is InChI=1S/C19H15ClF3NO/c1-24-16-10-15(11-5-3-2-4-6-11)18(25)17(16)12-7-13(19(21,22)23)9-14(20)8-12/h2-9,15,17H,10H2,1H3. The highest BCUT2D eigenvalue weighted by Crippen LogP contribution is 2.41. The van der Waals surface area contributed by atoms with E-state index in [-0.39, 0.29) is 16.4 Å². The lowest BCUT2D eigenvalue weighted by atomic mass is 9.90. The molecule has 25 heavy (non-hydrogen) atoms. The van der Waals surface area contributed by atoms with Crippen molar-refractivity contribution in [2.75, 3.05) is 7.05 Å². The first kappa shape index (κ1) is 17.7. The molecule has 1 fully saturated rings. The van der Waals surface area contributed by atoms with Crippen LogP contribution in [-0.4, -0.2) is 18.5 Å². The van der Waals surface area contributed by atoms with Gasteiger partial charge in [0.1, 0.15) is 0 Å². The lowest BCUT2D eigenvalue weighted by Crippen LogP contribution is -2.16. The summed E-state index contributed by atoms with van der Waals surface area (Å²) in [7, 11) is 1.55. The molecule has 1 saturated carbocycles. The van der Waals surface area contributed by atoms with Crippen LogP contribution in [0.4, 0.5) is 13.2 Å². The summed E-state index contributed by atoms with van der Waals surface area (Å²) in [6, 6.07) is 12.5. The summed E-state index contributed by atoms with van der Waals surface area (Å²) in [5.74, 6) is -1.35. The molecule has 2 nitrogen and oxygen atoms in total. The van der Waals surface area contributed by atoms with Gasteiger partial charge in [-0.2, -0.15) is 13.2 Å². The minimum absolute atomic E-state index is 0.0451. The zero-order valence-electron chi connectivity index (χ0n) is 13.3. The van der Waals surface area contributed by atoms with E-state index in [1.807, 2.05) is 30.3 Å². The van der Waals surface area contributed by atoms with Crippen LogP contribution < -0.4 is 0 Å². The number of aliphatic imine (C=N–C) groups is 1. The molecule has 3 rings (SSSR count). The van der Waals surface area contributed by atoms with E-state index in [9.17, 15) is 18.0 Å². The van der Waals surface area contributed by atoms with Crippen molar-refractivity contribution in [3.8, 4) is 0 Å². The Morgan fingerprint density at radius 1 is 1.08 bits per heavy atom. The summed E-state index contributed by atoms with van der Waals surface area (Å²) < 4.78 is 39.2. The zero-order valence-corrected chi connectivity index (χ0v) is 14.1. The minimum Gasteiger partial charge on any atom is -0.298 e. The third kappa shape index (κ3) is 3.47. The van der Waals surface area contributed by atoms with Gasteiger partial charge in [0.05, 0.1) is 11.5 Å². The number of Topliss-reactive ketones (excluding diaryl/α,β-unsaturated/α-hetero) is 1. The Kier molecular flexibility index (Phi) is 4.69. The molecule has 0 radical (unpaired) electrons. The summed E-state index contributed by atoms with van der Waals surface area (Å²) in [6.07, 6.45) is -4.12. The third-order valence-corrected chi connectivity index (χ3v) is 4.66. The summed E-state index contributed by atoms with van der Waals surface area (Å²) in [5, 5.41) is -0.0451. The third-order valence-electron chi connectivity index (χ3n) is 4.44. The van der Waals surface area contributed by atoms with E-state index >= 15 is 0 Å². The maximum Gasteiger partial charge on any atom is 0.416 e. The second-order valence-corrected chi connectivity index (χ2v) is 6.43. The molecule has 1 aliphatic carbocycles. The number of hydrogen-bond donors (Lipinski definition) is 0. The SMILES string of the molecule is CN=C1CC(c2ccccc2)C(=O)C1c1cc(Cl)cc(C(F)(F)F)c1. The highest BCUT2D eigenvalue weighted by atomic mass is 35.5. The van der Waals surface area contributed by atoms with Gasteiger partial charge in [-0.15, -0.1) is 0 Å². The topological polar surface area (TPSA) is 29.4 Å². The smallest absolute Gasteiger partial charge is 0.298 e. The molecule has 2 aromatic rings. The van der Waals surface area contributed by atoms with Crippen LogP contribution in [-0.2, 0) is 11.0 Å². The second-order valence-electron chi connectivity index (χ2n) is 5.99. The van der Waals surface area contributed by atoms with Crippen molar-refractivity contribution in [2.45, 2.75) is 24.4 Å². The van der Waals surface area contributed by atoms with Crippen molar-refractivity contribution in [2.24, 2.45) is 4.99 Å². The number of ketones is 1. The molecular weight excluding hydrogens is 351 g/mol. The molecule has 1 aliphatic rings. The van der Waals surface area contributed by atoms with Gasteiger partial charge in [-0.05, 0) is 29.3 Å². The first-order chi connectivity index (χ1) is 11.8. The number of nitrogens with zero attached hydrogens (tertiary/aromatic N) is 1. The minimum atomic E-state index is -4.52. The predicted octanol–water partition coefficient (Wildman–Crippen LogP) is 5.27. The highest BCUT2D eigenvalue weighted by Gasteiger charge is 2.42. The van der Waals surface area contributed by atoms with Gasteiger partial charge in [0, 0.05) is 30.1 Å². The fourth-order valence-electron chi connectivity index (χ4n) is 3.28. The van der Waals surface area contributed by atoms with Crippen molar-refractivity contribution >= 4 is 23.1 Å². The van der Waals surface area contributed by atoms with Gasteiger partial charge >= 0.3 is 6.18 Å². The molecular formula is C19H15ClF3NO. The van der Waals surface area contributed by atoms with Crippen molar-refractivity contribution in [3.63, 3.8) is 0 Å². The Hall–Kier alpha value is -2.14. The normalized spacial score (nSPS) is 22.6. The van der Waals surface area contributed by atoms with E-state index in [2.05, 4.69) is 4.99 Å². The molecule has 0 aliphatic heterocycles. The first-order valence-electron chi connectivity index (χ1n) is 7.73. The predicted molar refractivity (Wildman–Crippen MR) is 91.4 cm³/mol. The van der Waals surface area contributed by atoms with Gasteiger partial charge < -0.3 is 0 Å². The summed E-state index contributed by atoms with van der Waals surface area (Å²) in [5.41, 5.74) is 0.800. The summed E-state index contributed by atoms with van der Waals surface area (Å²) in [4.78, 5) is 17.1. The number of rotatable bonds is 2. The van der Waals surface area contributed by atoms with Crippen LogP contribution in [0.25, 0.3) is 0 Å². The molecule has 6 heteroatoms. The molecule has 0 N–H and O–H groups in total. The Morgan fingerprint density at radius 2 is 1.76 bits per heavy atom. The molecule has 2 atom stereocenters. The van der Waals surface area contributed by atoms with Crippen LogP contribution in [0.3, 0.4) is 0 Å². The van der Waals surface area contributed by atoms with E-state index in [4.69, 9.17) is 11.6 Å². The van der Waals surface area contributed by atoms with E-state index < -0.39 is 23.6 Å². The Labute approximate surface area is 148 Å². The van der Waals surface area contributed by atoms with E-state index in [0.29, 0.717) is 12.1 Å². The van der Waals surface area contributed by atoms with Crippen LogP contribution >= 0.6 is 11.6 Å². The van der Waals surface area contributed by atoms with Crippen LogP contribution in [0.15, 0.2) is 53.5 Å². The Balaban J connectivity index is 2.05. The van der Waals surface area contributed by atoms with Gasteiger partial charge in [0.15, 0.2) is 5.78 Å². The van der Waals surface area contributed by atoms with Crippen LogP contribution in [0.2, 0.25) is 5.02 Å². The van der Waals surface area contributed by atoms with Crippen molar-refractivity contribution in [1.29, 1.82) is 0 Å². The molecule has 0 amide bonds. The molecule has 0 saturated heterocycles. The summed E-state index contributed by atoms with van der Waals surface area (Å²) in [6.45, 7) is 0. The fourth-order valence-corrected chi connectivity index (χ4v) is 3.52. The van der Waals surface area contributed by atoms with Crippen LogP contribution in [0, 0.1) is 0 Å². The number of carbonyl (C=O) groups excluding carboxylic acids is 1. The van der Waals surface area contributed by atoms with E-state index in [1.54, 1.807) is 7.05 Å². The molecule has 0 bridgehead atoms. The molecule has 130 valence electrons. The first-order valence-corrected chi connectivity index (χ1v) is 8.11. The maximum atomic E-state index is 13.1. The zero-order chi connectivity index (χ0) is 18.2. The van der Waals surface area contributed by atoms with Gasteiger partial charge in [-0.3, -0.25) is 9.79 Å². The van der Waals surface area contributed by atoms with Crippen LogP contribution in [0.5, 0.6) is 0 Å². The number of halogens is 4. The number of alkyl halides is 3. The van der Waals surface area contributed by atoms with E-state index in [1.165, 1.54) is 6.07 Å². The average Bonchev–Trinajstić information content (AvgIpc) is 2.91. The second kappa shape index (κ2) is 6.64. The lowest BCUT2D eigenvalue weighted by molar-refractivity contribution is -0.137. The molecule has 0 aromatic heterocycles. The van der Waals surface area contributed by atoms with Crippen molar-refractivity contribution < 1.29 is 18.0 Å². The van der Waals surface area contributed by atoms with Gasteiger partial charge in [0.2, 0.25) is 0 Å². The Bertz CT molecular complexity index is 830. The fraction of sp³-hybridized carbons (Fsp3) is 0.263. The summed E-state index contributed by atoms with van der Waals surface area (Å²) >= 11 is 5.88. The molecule has 2 unspecified atom stereocenters. The Morgan fingerprint density at radius 3 is 2.36 bits per heavy atom. The largest absolute Gasteiger partial charge is 0.416 e. The van der Waals surface area contributed by atoms with Crippen molar-refractivity contribution in [1.82, 2.24) is 0 Å². The maximum absolute atomic E-state index is 13.1. The monoisotopic (exact) mass is 365 g/mol. The lowest BCUT2D eigenvalue weighted by Gasteiger charge is -2.15. The van der Waals surface area contributed by atoms with E-state index in [0.717, 1.165) is 17.7 Å². The molecule has 0 spiro atoms. The molecule has 2 aromatic carbocycles. The van der Waals surface area contributed by atoms with Gasteiger partial charge in [-0.25, -0.2) is 0 Å². The number of carbonyl (C=O) groups is 1. The van der Waals surface area contributed by atoms with Crippen LogP contribution in [0.1, 0.15) is 34.9 Å². The number of hydrogen-bond acceptors (Lipinski definition) is 2. The average molecular weight is 366 g/mol. The molecule has 0 heterocycles.